The van der Waals surface area contributed by atoms with Gasteiger partial charge in [-0.3, -0.25) is 9.59 Å². The Morgan fingerprint density at radius 2 is 1.46 bits per heavy atom. The number of amides is 2. The predicted molar refractivity (Wildman–Crippen MR) is 189 cm³/mol. The predicted octanol–water partition coefficient (Wildman–Crippen LogP) is 8.80. The van der Waals surface area contributed by atoms with Crippen LogP contribution < -0.4 is 15.0 Å². The van der Waals surface area contributed by atoms with E-state index >= 15 is 0 Å². The Bertz CT molecular complexity index is 2210. The summed E-state index contributed by atoms with van der Waals surface area (Å²) in [6, 6.07) is 30.8. The van der Waals surface area contributed by atoms with Gasteiger partial charge in [0, 0.05) is 34.3 Å². The number of anilines is 1. The van der Waals surface area contributed by atoms with Gasteiger partial charge in [0.05, 0.1) is 17.8 Å². The van der Waals surface area contributed by atoms with Crippen LogP contribution in [0.5, 0.6) is 17.2 Å². The molecule has 0 spiro atoms. The van der Waals surface area contributed by atoms with Crippen LogP contribution in [0.25, 0.3) is 10.6 Å². The van der Waals surface area contributed by atoms with E-state index in [0.717, 1.165) is 47.7 Å². The first-order valence-electron chi connectivity index (χ1n) is 15.6. The molecule has 0 atom stereocenters. The third-order valence-corrected chi connectivity index (χ3v) is 8.79. The molecule has 13 heteroatoms. The number of carboxylic acids is 1. The van der Waals surface area contributed by atoms with Crippen molar-refractivity contribution >= 4 is 34.8 Å². The Balaban J connectivity index is 1.14. The Hall–Kier alpha value is -6.47. The number of carboxylic acid groups (broad SMARTS) is 1. The first-order valence-corrected chi connectivity index (χ1v) is 16.5. The molecule has 6 rings (SSSR count). The summed E-state index contributed by atoms with van der Waals surface area (Å²) < 4.78 is 45.3. The van der Waals surface area contributed by atoms with Crippen molar-refractivity contribution in [3.05, 3.63) is 160 Å². The van der Waals surface area contributed by atoms with E-state index in [4.69, 9.17) is 4.74 Å². The molecule has 5 aromatic carbocycles. The van der Waals surface area contributed by atoms with Crippen LogP contribution >= 0.6 is 11.3 Å². The lowest BCUT2D eigenvalue weighted by molar-refractivity contribution is -0.137. The highest BCUT2D eigenvalue weighted by Crippen LogP contribution is 2.32. The second-order valence-corrected chi connectivity index (χ2v) is 12.3. The third kappa shape index (κ3) is 8.45. The number of carbonyl (C=O) groups excluding carboxylic acids is 2. The van der Waals surface area contributed by atoms with E-state index < -0.39 is 34.9 Å². The van der Waals surface area contributed by atoms with Crippen LogP contribution in [0.4, 0.5) is 18.9 Å². The summed E-state index contributed by atoms with van der Waals surface area (Å²) in [5.41, 5.74) is 1.04. The number of nitrogens with zero attached hydrogens (tertiary/aromatic N) is 2. The molecular weight excluding hydrogens is 696 g/mol. The van der Waals surface area contributed by atoms with Crippen molar-refractivity contribution in [3.8, 4) is 27.8 Å². The normalized spacial score (nSPS) is 11.1. The summed E-state index contributed by atoms with van der Waals surface area (Å²) in [5.74, 6) is -1.54. The number of hydrogen-bond donors (Lipinski definition) is 3. The van der Waals surface area contributed by atoms with Gasteiger partial charge in [0.2, 0.25) is 0 Å². The van der Waals surface area contributed by atoms with Crippen molar-refractivity contribution in [2.75, 3.05) is 4.90 Å². The molecule has 0 aliphatic heterocycles. The fourth-order valence-electron chi connectivity index (χ4n) is 5.12. The molecule has 52 heavy (non-hydrogen) atoms. The molecule has 0 aliphatic rings. The maximum atomic E-state index is 13.6. The van der Waals surface area contributed by atoms with E-state index in [1.165, 1.54) is 22.3 Å². The van der Waals surface area contributed by atoms with Crippen LogP contribution in [-0.4, -0.2) is 33.0 Å². The number of nitrogens with one attached hydrogen (secondary N) is 1. The second-order valence-electron chi connectivity index (χ2n) is 11.4. The van der Waals surface area contributed by atoms with Crippen molar-refractivity contribution in [1.82, 2.24) is 10.3 Å². The van der Waals surface area contributed by atoms with Gasteiger partial charge in [-0.1, -0.05) is 42.5 Å². The molecule has 1 aromatic heterocycles. The molecule has 9 nitrogen and oxygen atoms in total. The molecule has 0 radical (unpaired) electrons. The monoisotopic (exact) mass is 723 g/mol. The van der Waals surface area contributed by atoms with Gasteiger partial charge in [-0.05, 0) is 84.4 Å². The molecule has 1 heterocycles. The summed E-state index contributed by atoms with van der Waals surface area (Å²) in [6.45, 7) is 0.138. The zero-order valence-corrected chi connectivity index (χ0v) is 27.8. The van der Waals surface area contributed by atoms with Crippen LogP contribution in [0.2, 0.25) is 0 Å². The molecule has 6 aromatic rings. The Morgan fingerprint density at radius 3 is 2.12 bits per heavy atom. The van der Waals surface area contributed by atoms with Crippen LogP contribution in [-0.2, 0) is 19.3 Å². The van der Waals surface area contributed by atoms with E-state index in [1.807, 2.05) is 54.6 Å². The Morgan fingerprint density at radius 1 is 0.808 bits per heavy atom. The summed E-state index contributed by atoms with van der Waals surface area (Å²) in [6.07, 6.45) is -4.60. The molecular formula is C39H28F3N3O6S. The molecule has 0 saturated carbocycles. The van der Waals surface area contributed by atoms with E-state index in [1.54, 1.807) is 29.6 Å². The first kappa shape index (κ1) is 35.4. The number of hydrogen-bond acceptors (Lipinski definition) is 7. The maximum Gasteiger partial charge on any atom is 0.416 e. The number of aromatic carboxylic acids is 1. The van der Waals surface area contributed by atoms with Gasteiger partial charge in [-0.25, -0.2) is 9.78 Å². The lowest BCUT2D eigenvalue weighted by atomic mass is 10.1. The molecule has 0 unspecified atom stereocenters. The topological polar surface area (TPSA) is 129 Å². The standard InChI is InChI=1S/C39H28F3N3O6S/c40-39(41,42)28-14-12-27(13-15-28)37(48)45(30-16-19-34(46)33(20-30)38(49)50)22-29-23-52-36(44-29)26-10-8-25(9-11-26)35(47)43-21-24-6-17-32(18-7-24)51-31-4-2-1-3-5-31/h1-20,23,46H,21-22H2,(H,43,47)(H,49,50). The van der Waals surface area contributed by atoms with Crippen molar-refractivity contribution in [1.29, 1.82) is 0 Å². The van der Waals surface area contributed by atoms with Gasteiger partial charge in [0.25, 0.3) is 11.8 Å². The highest BCUT2D eigenvalue weighted by molar-refractivity contribution is 7.13. The maximum absolute atomic E-state index is 13.6. The molecule has 2 amide bonds. The molecule has 0 saturated heterocycles. The van der Waals surface area contributed by atoms with E-state index in [9.17, 15) is 37.8 Å². The van der Waals surface area contributed by atoms with Crippen LogP contribution in [0, 0.1) is 0 Å². The highest BCUT2D eigenvalue weighted by Gasteiger charge is 2.31. The average Bonchev–Trinajstić information content (AvgIpc) is 3.62. The lowest BCUT2D eigenvalue weighted by Gasteiger charge is -2.23. The van der Waals surface area contributed by atoms with Crippen molar-refractivity contribution < 1.29 is 42.5 Å². The van der Waals surface area contributed by atoms with Crippen molar-refractivity contribution in [2.45, 2.75) is 19.3 Å². The van der Waals surface area contributed by atoms with Gasteiger partial charge in [0.1, 0.15) is 27.8 Å². The molecule has 0 fully saturated rings. The third-order valence-electron chi connectivity index (χ3n) is 7.85. The Kier molecular flexibility index (Phi) is 10.3. The zero-order chi connectivity index (χ0) is 36.8. The minimum Gasteiger partial charge on any atom is -0.507 e. The number of halogens is 3. The molecule has 262 valence electrons. The van der Waals surface area contributed by atoms with Gasteiger partial charge < -0.3 is 25.2 Å². The van der Waals surface area contributed by atoms with E-state index in [2.05, 4.69) is 10.3 Å². The van der Waals surface area contributed by atoms with Crippen molar-refractivity contribution in [3.63, 3.8) is 0 Å². The summed E-state index contributed by atoms with van der Waals surface area (Å²) >= 11 is 1.27. The minimum absolute atomic E-state index is 0.0728. The van der Waals surface area contributed by atoms with Crippen LogP contribution in [0.15, 0.2) is 127 Å². The number of ether oxygens (including phenoxy) is 1. The lowest BCUT2D eigenvalue weighted by Crippen LogP contribution is -2.30. The number of carbonyl (C=O) groups is 3. The molecule has 0 aliphatic carbocycles. The van der Waals surface area contributed by atoms with Crippen LogP contribution in [0.3, 0.4) is 0 Å². The smallest absolute Gasteiger partial charge is 0.416 e. The van der Waals surface area contributed by atoms with E-state index in [-0.39, 0.29) is 23.7 Å². The highest BCUT2D eigenvalue weighted by atomic mass is 32.1. The Labute approximate surface area is 299 Å². The zero-order valence-electron chi connectivity index (χ0n) is 27.0. The first-order chi connectivity index (χ1) is 24.9. The SMILES string of the molecule is O=C(NCc1ccc(Oc2ccccc2)cc1)c1ccc(-c2nc(CN(C(=O)c3ccc(C(F)(F)F)cc3)c3ccc(O)c(C(=O)O)c3)cs2)cc1. The molecule has 0 bridgehead atoms. The summed E-state index contributed by atoms with van der Waals surface area (Å²) in [4.78, 5) is 44.0. The van der Waals surface area contributed by atoms with Crippen molar-refractivity contribution in [2.24, 2.45) is 0 Å². The summed E-state index contributed by atoms with van der Waals surface area (Å²) in [5, 5.41) is 24.7. The molecule has 3 N–H and O–H groups in total. The number of aromatic nitrogens is 1. The largest absolute Gasteiger partial charge is 0.507 e. The number of thiazole rings is 1. The van der Waals surface area contributed by atoms with Crippen LogP contribution in [0.1, 0.15) is 47.9 Å². The number of para-hydroxylation sites is 1. The number of alkyl halides is 3. The number of benzene rings is 5. The quantitative estimate of drug-likeness (QED) is 0.122. The van der Waals surface area contributed by atoms with E-state index in [0.29, 0.717) is 34.1 Å². The minimum atomic E-state index is -4.60. The van der Waals surface area contributed by atoms with Gasteiger partial charge in [-0.2, -0.15) is 13.2 Å². The van der Waals surface area contributed by atoms with Gasteiger partial charge in [-0.15, -0.1) is 11.3 Å². The van der Waals surface area contributed by atoms with Gasteiger partial charge in [0.15, 0.2) is 0 Å². The number of rotatable bonds is 11. The fraction of sp³-hybridized carbons (Fsp3) is 0.0769. The number of phenols is 1. The summed E-state index contributed by atoms with van der Waals surface area (Å²) in [7, 11) is 0. The fourth-order valence-corrected chi connectivity index (χ4v) is 5.94. The average molecular weight is 724 g/mol. The van der Waals surface area contributed by atoms with Gasteiger partial charge >= 0.3 is 12.1 Å². The number of aromatic hydroxyl groups is 1. The second kappa shape index (κ2) is 15.2.